The van der Waals surface area contributed by atoms with E-state index in [0.717, 1.165) is 15.5 Å². The molecule has 26 heavy (non-hydrogen) atoms. The Morgan fingerprint density at radius 1 is 1.08 bits per heavy atom. The second-order valence-corrected chi connectivity index (χ2v) is 8.43. The molecule has 1 atom stereocenters. The topological polar surface area (TPSA) is 59.0 Å². The van der Waals surface area contributed by atoms with Gasteiger partial charge in [-0.05, 0) is 34.3 Å². The average molecular weight is 403 g/mol. The fourth-order valence-electron chi connectivity index (χ4n) is 2.69. The summed E-state index contributed by atoms with van der Waals surface area (Å²) in [4.78, 5) is 27.3. The summed E-state index contributed by atoms with van der Waals surface area (Å²) in [5.41, 5.74) is 0.885. The number of nitrogens with zero attached hydrogens (tertiary/aromatic N) is 2. The zero-order chi connectivity index (χ0) is 17.9. The van der Waals surface area contributed by atoms with Crippen molar-refractivity contribution in [3.8, 4) is 0 Å². The van der Waals surface area contributed by atoms with Crippen molar-refractivity contribution in [3.05, 3.63) is 67.2 Å². The van der Waals surface area contributed by atoms with E-state index in [4.69, 9.17) is 4.74 Å². The zero-order valence-electron chi connectivity index (χ0n) is 13.5. The molecule has 0 radical (unpaired) electrons. The Hall–Kier alpha value is -2.29. The second kappa shape index (κ2) is 7.53. The van der Waals surface area contributed by atoms with Gasteiger partial charge in [-0.1, -0.05) is 18.2 Å². The van der Waals surface area contributed by atoms with Gasteiger partial charge in [0.15, 0.2) is 6.61 Å². The smallest absolute Gasteiger partial charge is 0.348 e. The summed E-state index contributed by atoms with van der Waals surface area (Å²) >= 11 is 4.48. The van der Waals surface area contributed by atoms with E-state index in [1.807, 2.05) is 35.0 Å². The number of carbonyl (C=O) groups is 2. The van der Waals surface area contributed by atoms with E-state index in [1.54, 1.807) is 40.2 Å². The number of amides is 1. The van der Waals surface area contributed by atoms with Crippen molar-refractivity contribution in [2.24, 2.45) is 5.10 Å². The van der Waals surface area contributed by atoms with Crippen LogP contribution in [0.5, 0.6) is 0 Å². The first-order valence-corrected chi connectivity index (χ1v) is 10.5. The first-order valence-electron chi connectivity index (χ1n) is 7.90. The van der Waals surface area contributed by atoms with Gasteiger partial charge in [0.25, 0.3) is 5.91 Å². The summed E-state index contributed by atoms with van der Waals surface area (Å²) < 4.78 is 5.17. The molecule has 0 N–H and O–H groups in total. The number of rotatable bonds is 5. The van der Waals surface area contributed by atoms with E-state index in [9.17, 15) is 9.59 Å². The monoisotopic (exact) mass is 402 g/mol. The number of hydrogen-bond acceptors (Lipinski definition) is 7. The van der Waals surface area contributed by atoms with Gasteiger partial charge in [0, 0.05) is 11.3 Å². The van der Waals surface area contributed by atoms with Gasteiger partial charge in [-0.2, -0.15) is 5.10 Å². The van der Waals surface area contributed by atoms with Crippen LogP contribution in [-0.4, -0.2) is 29.2 Å². The molecular formula is C18H14N2O3S3. The van der Waals surface area contributed by atoms with Gasteiger partial charge < -0.3 is 4.74 Å². The van der Waals surface area contributed by atoms with Gasteiger partial charge in [0.05, 0.1) is 16.6 Å². The Labute approximate surface area is 162 Å². The standard InChI is InChI=1S/C18H14N2O3S3/c21-17(11-23-18(22)16-6-3-9-26-16)20-13(15-5-2-8-25-15)10-12(19-20)14-4-1-7-24-14/h1-9,13H,10-11H2. The Morgan fingerprint density at radius 3 is 2.54 bits per heavy atom. The average Bonchev–Trinajstić information content (AvgIpc) is 3.42. The third-order valence-electron chi connectivity index (χ3n) is 3.89. The Bertz CT molecular complexity index is 915. The van der Waals surface area contributed by atoms with Crippen molar-refractivity contribution >= 4 is 51.6 Å². The summed E-state index contributed by atoms with van der Waals surface area (Å²) in [7, 11) is 0. The fraction of sp³-hybridized carbons (Fsp3) is 0.167. The zero-order valence-corrected chi connectivity index (χ0v) is 16.0. The second-order valence-electron chi connectivity index (χ2n) is 5.55. The van der Waals surface area contributed by atoms with Crippen molar-refractivity contribution < 1.29 is 14.3 Å². The molecule has 1 aliphatic rings. The quantitative estimate of drug-likeness (QED) is 0.594. The molecule has 4 heterocycles. The Balaban J connectivity index is 1.50. The lowest BCUT2D eigenvalue weighted by Crippen LogP contribution is -2.31. The predicted octanol–water partition coefficient (Wildman–Crippen LogP) is 4.41. The number of esters is 1. The predicted molar refractivity (Wildman–Crippen MR) is 104 cm³/mol. The molecule has 1 unspecified atom stereocenters. The number of carbonyl (C=O) groups excluding carboxylic acids is 2. The minimum atomic E-state index is -0.484. The summed E-state index contributed by atoms with van der Waals surface area (Å²) in [6, 6.07) is 11.2. The lowest BCUT2D eigenvalue weighted by atomic mass is 10.1. The van der Waals surface area contributed by atoms with E-state index < -0.39 is 5.97 Å². The molecular weight excluding hydrogens is 388 g/mol. The maximum absolute atomic E-state index is 12.7. The highest BCUT2D eigenvalue weighted by Gasteiger charge is 2.34. The maximum Gasteiger partial charge on any atom is 0.348 e. The number of hydrogen-bond donors (Lipinski definition) is 0. The lowest BCUT2D eigenvalue weighted by Gasteiger charge is -2.20. The number of hydrazone groups is 1. The van der Waals surface area contributed by atoms with Gasteiger partial charge in [-0.3, -0.25) is 4.79 Å². The van der Waals surface area contributed by atoms with Gasteiger partial charge in [0.2, 0.25) is 0 Å². The fourth-order valence-corrected chi connectivity index (χ4v) is 4.84. The van der Waals surface area contributed by atoms with Gasteiger partial charge in [0.1, 0.15) is 4.88 Å². The molecule has 3 aromatic heterocycles. The van der Waals surface area contributed by atoms with Crippen LogP contribution in [0.4, 0.5) is 0 Å². The van der Waals surface area contributed by atoms with Crippen molar-refractivity contribution in [1.82, 2.24) is 5.01 Å². The van der Waals surface area contributed by atoms with E-state index in [2.05, 4.69) is 5.10 Å². The first-order chi connectivity index (χ1) is 12.7. The molecule has 0 fully saturated rings. The molecule has 4 rings (SSSR count). The van der Waals surface area contributed by atoms with Crippen LogP contribution in [0.1, 0.15) is 31.9 Å². The highest BCUT2D eigenvalue weighted by molar-refractivity contribution is 7.12. The Kier molecular flexibility index (Phi) is 4.96. The maximum atomic E-state index is 12.7. The minimum absolute atomic E-state index is 0.153. The van der Waals surface area contributed by atoms with E-state index in [-0.39, 0.29) is 18.6 Å². The van der Waals surface area contributed by atoms with E-state index >= 15 is 0 Å². The van der Waals surface area contributed by atoms with Crippen LogP contribution in [0, 0.1) is 0 Å². The Morgan fingerprint density at radius 2 is 1.85 bits per heavy atom. The molecule has 5 nitrogen and oxygen atoms in total. The molecule has 0 bridgehead atoms. The highest BCUT2D eigenvalue weighted by atomic mass is 32.1. The molecule has 8 heteroatoms. The molecule has 0 aromatic carbocycles. The van der Waals surface area contributed by atoms with Crippen LogP contribution in [0.2, 0.25) is 0 Å². The molecule has 132 valence electrons. The summed E-state index contributed by atoms with van der Waals surface area (Å²) in [5.74, 6) is -0.803. The molecule has 1 aliphatic heterocycles. The van der Waals surface area contributed by atoms with Crippen LogP contribution >= 0.6 is 34.0 Å². The van der Waals surface area contributed by atoms with Crippen LogP contribution in [0.3, 0.4) is 0 Å². The summed E-state index contributed by atoms with van der Waals surface area (Å²) in [5, 5.41) is 11.8. The number of ether oxygens (including phenoxy) is 1. The normalized spacial score (nSPS) is 16.5. The first kappa shape index (κ1) is 17.1. The summed E-state index contributed by atoms with van der Waals surface area (Å²) in [6.45, 7) is -0.320. The van der Waals surface area contributed by atoms with Crippen molar-refractivity contribution in [2.75, 3.05) is 6.61 Å². The third kappa shape index (κ3) is 3.48. The molecule has 3 aromatic rings. The van der Waals surface area contributed by atoms with Crippen molar-refractivity contribution in [2.45, 2.75) is 12.5 Å². The van der Waals surface area contributed by atoms with E-state index in [0.29, 0.717) is 11.3 Å². The van der Waals surface area contributed by atoms with Crippen LogP contribution < -0.4 is 0 Å². The lowest BCUT2D eigenvalue weighted by molar-refractivity contribution is -0.136. The van der Waals surface area contributed by atoms with Crippen LogP contribution in [0.25, 0.3) is 0 Å². The molecule has 0 saturated carbocycles. The molecule has 1 amide bonds. The molecule has 0 spiro atoms. The molecule has 0 saturated heterocycles. The number of thiophene rings is 3. The van der Waals surface area contributed by atoms with Crippen molar-refractivity contribution in [1.29, 1.82) is 0 Å². The van der Waals surface area contributed by atoms with E-state index in [1.165, 1.54) is 16.3 Å². The van der Waals surface area contributed by atoms with Crippen molar-refractivity contribution in [3.63, 3.8) is 0 Å². The van der Waals surface area contributed by atoms with Crippen LogP contribution in [0.15, 0.2) is 57.6 Å². The van der Waals surface area contributed by atoms with Crippen LogP contribution in [-0.2, 0) is 9.53 Å². The largest absolute Gasteiger partial charge is 0.451 e. The molecule has 0 aliphatic carbocycles. The SMILES string of the molecule is O=C(OCC(=O)N1N=C(c2cccs2)CC1c1cccs1)c1cccs1. The third-order valence-corrected chi connectivity index (χ3v) is 6.63. The minimum Gasteiger partial charge on any atom is -0.451 e. The van der Waals surface area contributed by atoms with Gasteiger partial charge in [-0.15, -0.1) is 34.0 Å². The highest BCUT2D eigenvalue weighted by Crippen LogP contribution is 2.35. The van der Waals surface area contributed by atoms with Gasteiger partial charge >= 0.3 is 5.97 Å². The summed E-state index contributed by atoms with van der Waals surface area (Å²) in [6.07, 6.45) is 0.658. The van der Waals surface area contributed by atoms with Gasteiger partial charge in [-0.25, -0.2) is 9.80 Å².